The summed E-state index contributed by atoms with van der Waals surface area (Å²) in [5, 5.41) is 2.91. The first kappa shape index (κ1) is 31.5. The van der Waals surface area contributed by atoms with Gasteiger partial charge in [-0.05, 0) is 35.3 Å². The Kier molecular flexibility index (Phi) is 10.7. The van der Waals surface area contributed by atoms with Gasteiger partial charge in [0.25, 0.3) is 0 Å². The topological polar surface area (TPSA) is 98.8 Å². The van der Waals surface area contributed by atoms with E-state index < -0.39 is 17.4 Å². The normalized spacial score (nSPS) is 16.3. The first-order valence-electron chi connectivity index (χ1n) is 13.7. The molecule has 0 saturated heterocycles. The molecule has 0 radical (unpaired) electrons. The molecule has 0 bridgehead atoms. The van der Waals surface area contributed by atoms with Crippen LogP contribution >= 0.6 is 0 Å². The largest absolute Gasteiger partial charge is 0.467 e. The molecule has 0 aliphatic heterocycles. The van der Waals surface area contributed by atoms with E-state index in [-0.39, 0.29) is 47.8 Å². The predicted molar refractivity (Wildman–Crippen MR) is 148 cm³/mol. The molecule has 1 aliphatic carbocycles. The maximum absolute atomic E-state index is 13.1. The number of carbonyl (C=O) groups excluding carboxylic acids is 4. The van der Waals surface area contributed by atoms with Gasteiger partial charge in [-0.3, -0.25) is 14.4 Å². The van der Waals surface area contributed by atoms with Gasteiger partial charge in [0.1, 0.15) is 17.6 Å². The third-order valence-electron chi connectivity index (χ3n) is 6.88. The zero-order chi connectivity index (χ0) is 28.7. The van der Waals surface area contributed by atoms with E-state index in [1.165, 1.54) is 7.11 Å². The van der Waals surface area contributed by atoms with Crippen molar-refractivity contribution in [2.24, 2.45) is 16.2 Å². The zero-order valence-electron chi connectivity index (χ0n) is 24.6. The molecule has 2 rings (SSSR count). The number of benzene rings is 1. The quantitative estimate of drug-likeness (QED) is 0.306. The number of ketones is 1. The Morgan fingerprint density at radius 2 is 1.55 bits per heavy atom. The third-order valence-corrected chi connectivity index (χ3v) is 6.88. The minimum absolute atomic E-state index is 0.0544. The van der Waals surface area contributed by atoms with Crippen molar-refractivity contribution >= 4 is 23.6 Å². The van der Waals surface area contributed by atoms with Crippen LogP contribution in [0.3, 0.4) is 0 Å². The van der Waals surface area contributed by atoms with Gasteiger partial charge in [-0.15, -0.1) is 0 Å². The summed E-state index contributed by atoms with van der Waals surface area (Å²) in [6.07, 6.45) is 5.61. The number of hydrogen-bond donors (Lipinski definition) is 1. The Labute approximate surface area is 228 Å². The zero-order valence-corrected chi connectivity index (χ0v) is 24.6. The van der Waals surface area contributed by atoms with Gasteiger partial charge in [0.2, 0.25) is 5.91 Å². The van der Waals surface area contributed by atoms with Crippen LogP contribution < -0.4 is 10.1 Å². The SMILES string of the molecule is COC(=O)[C@H](Cc1ccc(CC(=O)CC(C)(C)C)c(OC(=O)CC(C)(C)C)c1)NC(=O)C1(C)CCCCC1. The standard InChI is InChI=1S/C31H47NO6/c1-29(2,3)19-23(33)18-22-13-12-21(17-25(22)38-26(34)20-30(4,5)6)16-24(27(35)37-8)32-28(36)31(7)14-10-9-11-15-31/h12-13,17,24H,9-11,14-16,18-20H2,1-8H3,(H,32,36)/t24-/m0/s1. The van der Waals surface area contributed by atoms with Crippen LogP contribution in [0, 0.1) is 16.2 Å². The lowest BCUT2D eigenvalue weighted by Gasteiger charge is -2.33. The lowest BCUT2D eigenvalue weighted by atomic mass is 9.75. The molecule has 1 atom stereocenters. The molecule has 0 spiro atoms. The second-order valence-electron chi connectivity index (χ2n) is 13.5. The number of amides is 1. The molecular formula is C31H47NO6. The van der Waals surface area contributed by atoms with Crippen LogP contribution in [0.25, 0.3) is 0 Å². The fourth-order valence-electron chi connectivity index (χ4n) is 4.89. The smallest absolute Gasteiger partial charge is 0.328 e. The highest BCUT2D eigenvalue weighted by Gasteiger charge is 2.37. The summed E-state index contributed by atoms with van der Waals surface area (Å²) < 4.78 is 10.8. The summed E-state index contributed by atoms with van der Waals surface area (Å²) in [4.78, 5) is 51.2. The molecule has 38 heavy (non-hydrogen) atoms. The van der Waals surface area contributed by atoms with E-state index in [9.17, 15) is 19.2 Å². The monoisotopic (exact) mass is 529 g/mol. The molecule has 1 aliphatic rings. The first-order chi connectivity index (χ1) is 17.5. The van der Waals surface area contributed by atoms with Crippen LogP contribution in [0.5, 0.6) is 5.75 Å². The molecule has 1 N–H and O–H groups in total. The summed E-state index contributed by atoms with van der Waals surface area (Å²) in [6.45, 7) is 13.8. The summed E-state index contributed by atoms with van der Waals surface area (Å²) >= 11 is 0. The highest BCUT2D eigenvalue weighted by molar-refractivity contribution is 5.88. The van der Waals surface area contributed by atoms with Crippen molar-refractivity contribution < 1.29 is 28.7 Å². The molecule has 7 nitrogen and oxygen atoms in total. The molecule has 0 aromatic heterocycles. The first-order valence-corrected chi connectivity index (χ1v) is 13.7. The van der Waals surface area contributed by atoms with Gasteiger partial charge in [-0.2, -0.15) is 0 Å². The van der Waals surface area contributed by atoms with E-state index in [1.54, 1.807) is 12.1 Å². The minimum Gasteiger partial charge on any atom is -0.467 e. The highest BCUT2D eigenvalue weighted by atomic mass is 16.5. The maximum Gasteiger partial charge on any atom is 0.328 e. The molecule has 1 amide bonds. The highest BCUT2D eigenvalue weighted by Crippen LogP contribution is 2.36. The van der Waals surface area contributed by atoms with Crippen molar-refractivity contribution in [1.82, 2.24) is 5.32 Å². The second kappa shape index (κ2) is 12.9. The lowest BCUT2D eigenvalue weighted by Crippen LogP contribution is -2.49. The van der Waals surface area contributed by atoms with Crippen molar-refractivity contribution in [3.63, 3.8) is 0 Å². The van der Waals surface area contributed by atoms with Gasteiger partial charge in [-0.1, -0.05) is 79.9 Å². The van der Waals surface area contributed by atoms with Crippen molar-refractivity contribution in [3.05, 3.63) is 29.3 Å². The molecule has 1 aromatic rings. The third kappa shape index (κ3) is 10.2. The van der Waals surface area contributed by atoms with Crippen LogP contribution in [0.1, 0.15) is 105 Å². The van der Waals surface area contributed by atoms with Crippen LogP contribution in [0.2, 0.25) is 0 Å². The summed E-state index contributed by atoms with van der Waals surface area (Å²) in [7, 11) is 1.30. The fourth-order valence-corrected chi connectivity index (χ4v) is 4.89. The molecule has 7 heteroatoms. The van der Waals surface area contributed by atoms with E-state index >= 15 is 0 Å². The van der Waals surface area contributed by atoms with Gasteiger partial charge < -0.3 is 14.8 Å². The van der Waals surface area contributed by atoms with Crippen molar-refractivity contribution in [1.29, 1.82) is 0 Å². The van der Waals surface area contributed by atoms with Gasteiger partial charge in [0.15, 0.2) is 0 Å². The molecular weight excluding hydrogens is 482 g/mol. The Balaban J connectivity index is 2.31. The number of methoxy groups -OCH3 is 1. The van der Waals surface area contributed by atoms with Crippen LogP contribution in [-0.2, 0) is 36.8 Å². The van der Waals surface area contributed by atoms with E-state index in [4.69, 9.17) is 9.47 Å². The van der Waals surface area contributed by atoms with Gasteiger partial charge in [-0.25, -0.2) is 4.79 Å². The van der Waals surface area contributed by atoms with E-state index in [0.717, 1.165) is 32.1 Å². The Hall–Kier alpha value is -2.70. The number of ether oxygens (including phenoxy) is 2. The van der Waals surface area contributed by atoms with Crippen molar-refractivity contribution in [2.45, 2.75) is 112 Å². The summed E-state index contributed by atoms with van der Waals surface area (Å²) in [5.41, 5.74) is 0.404. The fraction of sp³-hybridized carbons (Fsp3) is 0.677. The summed E-state index contributed by atoms with van der Waals surface area (Å²) in [6, 6.07) is 4.40. The van der Waals surface area contributed by atoms with Crippen LogP contribution in [0.4, 0.5) is 0 Å². The second-order valence-corrected chi connectivity index (χ2v) is 13.5. The van der Waals surface area contributed by atoms with Gasteiger partial charge >= 0.3 is 11.9 Å². The molecule has 212 valence electrons. The molecule has 0 heterocycles. The van der Waals surface area contributed by atoms with Crippen molar-refractivity contribution in [2.75, 3.05) is 7.11 Å². The number of Topliss-reactive ketones (excluding diaryl/α,β-unsaturated/α-hetero) is 1. The molecule has 1 aromatic carbocycles. The number of carbonyl (C=O) groups is 4. The van der Waals surface area contributed by atoms with Crippen LogP contribution in [-0.4, -0.2) is 36.8 Å². The Morgan fingerprint density at radius 1 is 0.947 bits per heavy atom. The number of hydrogen-bond acceptors (Lipinski definition) is 6. The molecule has 1 fully saturated rings. The molecule has 0 unspecified atom stereocenters. The Morgan fingerprint density at radius 3 is 2.11 bits per heavy atom. The maximum atomic E-state index is 13.1. The number of esters is 2. The van der Waals surface area contributed by atoms with Crippen LogP contribution in [0.15, 0.2) is 18.2 Å². The lowest BCUT2D eigenvalue weighted by molar-refractivity contribution is -0.147. The van der Waals surface area contributed by atoms with Crippen molar-refractivity contribution in [3.8, 4) is 5.75 Å². The minimum atomic E-state index is -0.877. The predicted octanol–water partition coefficient (Wildman–Crippen LogP) is 5.75. The average Bonchev–Trinajstić information content (AvgIpc) is 2.77. The average molecular weight is 530 g/mol. The van der Waals surface area contributed by atoms with E-state index in [1.807, 2.05) is 54.5 Å². The van der Waals surface area contributed by atoms with E-state index in [2.05, 4.69) is 5.32 Å². The van der Waals surface area contributed by atoms with E-state index in [0.29, 0.717) is 23.3 Å². The van der Waals surface area contributed by atoms with Gasteiger partial charge in [0.05, 0.1) is 13.5 Å². The number of nitrogens with one attached hydrogen (secondary N) is 1. The Bertz CT molecular complexity index is 1010. The summed E-state index contributed by atoms with van der Waals surface area (Å²) in [5.74, 6) is -0.698. The number of rotatable bonds is 10. The molecule has 1 saturated carbocycles. The van der Waals surface area contributed by atoms with Gasteiger partial charge in [0, 0.05) is 30.2 Å².